The molecule has 3 rings (SSSR count). The fourth-order valence-corrected chi connectivity index (χ4v) is 4.09. The molecule has 0 bridgehead atoms. The minimum atomic E-state index is -4.24. The molecule has 1 amide bonds. The Kier molecular flexibility index (Phi) is 9.88. The summed E-state index contributed by atoms with van der Waals surface area (Å²) in [6.07, 6.45) is -5.16. The van der Waals surface area contributed by atoms with E-state index in [9.17, 15) is 31.5 Å². The molecule has 0 aromatic heterocycles. The first-order valence-corrected chi connectivity index (χ1v) is 12.0. The Balaban J connectivity index is 1.71. The van der Waals surface area contributed by atoms with E-state index in [2.05, 4.69) is 10.6 Å². The average molecular weight is 565 g/mol. The first kappa shape index (κ1) is 29.6. The average Bonchev–Trinajstić information content (AvgIpc) is 2.86. The van der Waals surface area contributed by atoms with Gasteiger partial charge >= 0.3 is 12.1 Å². The van der Waals surface area contributed by atoms with Crippen molar-refractivity contribution in [3.8, 4) is 0 Å². The molecule has 2 aromatic rings. The van der Waals surface area contributed by atoms with Crippen LogP contribution in [0.1, 0.15) is 22.3 Å². The molecule has 0 unspecified atom stereocenters. The van der Waals surface area contributed by atoms with Gasteiger partial charge in [0.15, 0.2) is 11.6 Å². The molecular weight excluding hydrogens is 539 g/mol. The molecule has 1 heterocycles. The summed E-state index contributed by atoms with van der Waals surface area (Å²) < 4.78 is 66.9. The lowest BCUT2D eigenvalue weighted by molar-refractivity contribution is -0.140. The summed E-state index contributed by atoms with van der Waals surface area (Å²) in [4.78, 5) is 27.3. The molecule has 1 atom stereocenters. The topological polar surface area (TPSA) is 105 Å². The van der Waals surface area contributed by atoms with Gasteiger partial charge in [-0.25, -0.2) is 8.78 Å². The Morgan fingerprint density at radius 1 is 1.05 bits per heavy atom. The molecule has 1 fully saturated rings. The molecule has 14 heteroatoms. The number of aliphatic carboxylic acids is 1. The lowest BCUT2D eigenvalue weighted by Gasteiger charge is -2.37. The van der Waals surface area contributed by atoms with Crippen LogP contribution in [0.25, 0.3) is 0 Å². The maximum atomic E-state index is 14.8. The Bertz CT molecular complexity index is 1160. The van der Waals surface area contributed by atoms with E-state index in [-0.39, 0.29) is 17.8 Å². The fraction of sp³-hybridized carbons (Fsp3) is 0.417. The van der Waals surface area contributed by atoms with Gasteiger partial charge in [0.1, 0.15) is 6.04 Å². The number of hydrogen-bond acceptors (Lipinski definition) is 6. The van der Waals surface area contributed by atoms with E-state index in [0.29, 0.717) is 36.9 Å². The molecular formula is C24H26ClF5N4O4. The number of aliphatic hydroxyl groups is 1. The number of carboxylic acids is 1. The van der Waals surface area contributed by atoms with E-state index >= 15 is 0 Å². The highest BCUT2D eigenvalue weighted by Crippen LogP contribution is 2.31. The minimum Gasteiger partial charge on any atom is -0.480 e. The van der Waals surface area contributed by atoms with Crippen molar-refractivity contribution in [1.29, 1.82) is 0 Å². The van der Waals surface area contributed by atoms with Crippen molar-refractivity contribution in [1.82, 2.24) is 10.2 Å². The molecule has 1 saturated heterocycles. The van der Waals surface area contributed by atoms with Crippen LogP contribution in [0.15, 0.2) is 30.3 Å². The number of anilines is 2. The second-order valence-corrected chi connectivity index (χ2v) is 9.10. The third-order valence-corrected chi connectivity index (χ3v) is 6.29. The van der Waals surface area contributed by atoms with Crippen LogP contribution in [0.3, 0.4) is 0 Å². The van der Waals surface area contributed by atoms with Gasteiger partial charge < -0.3 is 20.4 Å². The van der Waals surface area contributed by atoms with Crippen molar-refractivity contribution >= 4 is 34.9 Å². The Labute approximate surface area is 220 Å². The van der Waals surface area contributed by atoms with Gasteiger partial charge in [-0.3, -0.25) is 19.8 Å². The van der Waals surface area contributed by atoms with Gasteiger partial charge in [-0.1, -0.05) is 17.7 Å². The van der Waals surface area contributed by atoms with E-state index in [0.717, 1.165) is 12.1 Å². The summed E-state index contributed by atoms with van der Waals surface area (Å²) in [6, 6.07) is 5.34. The van der Waals surface area contributed by atoms with E-state index in [1.807, 2.05) is 4.90 Å². The number of carboxylic acid groups (broad SMARTS) is 1. The van der Waals surface area contributed by atoms with Crippen molar-refractivity contribution in [2.75, 3.05) is 49.5 Å². The maximum absolute atomic E-state index is 14.8. The molecule has 0 spiro atoms. The SMILES string of the molecule is O=C(Nc1ccc(Cl)cc1N1CCN(CCC(F)(F)F)CC1)c1ccc(CN[C@@H](CO)C(=O)O)c(F)c1F. The third kappa shape index (κ3) is 7.76. The lowest BCUT2D eigenvalue weighted by Crippen LogP contribution is -2.47. The minimum absolute atomic E-state index is 0.121. The van der Waals surface area contributed by atoms with Gasteiger partial charge in [-0.15, -0.1) is 0 Å². The van der Waals surface area contributed by atoms with Crippen molar-refractivity contribution in [3.63, 3.8) is 0 Å². The number of carbonyl (C=O) groups is 2. The second kappa shape index (κ2) is 12.7. The van der Waals surface area contributed by atoms with E-state index in [4.69, 9.17) is 21.8 Å². The van der Waals surface area contributed by atoms with Gasteiger partial charge in [0.2, 0.25) is 0 Å². The van der Waals surface area contributed by atoms with Crippen molar-refractivity contribution in [2.45, 2.75) is 25.2 Å². The molecule has 0 radical (unpaired) electrons. The summed E-state index contributed by atoms with van der Waals surface area (Å²) in [5.74, 6) is -5.11. The van der Waals surface area contributed by atoms with Crippen molar-refractivity contribution in [2.24, 2.45) is 0 Å². The summed E-state index contributed by atoms with van der Waals surface area (Å²) in [5.41, 5.74) is -0.108. The van der Waals surface area contributed by atoms with Crippen LogP contribution in [0, 0.1) is 11.6 Å². The number of halogens is 6. The van der Waals surface area contributed by atoms with E-state index in [1.165, 1.54) is 12.1 Å². The van der Waals surface area contributed by atoms with Crippen LogP contribution >= 0.6 is 11.6 Å². The maximum Gasteiger partial charge on any atom is 0.390 e. The molecule has 8 nitrogen and oxygen atoms in total. The standard InChI is InChI=1S/C24H26ClF5N4O4/c25-15-2-4-17(19(11-15)34-9-7-33(8-10-34)6-5-24(28,29)30)32-22(36)16-3-1-14(20(26)21(16)27)12-31-18(13-35)23(37)38/h1-4,11,18,31,35H,5-10,12-13H2,(H,32,36)(H,37,38)/t18-/m0/s1. The summed E-state index contributed by atoms with van der Waals surface area (Å²) in [7, 11) is 0. The number of carbonyl (C=O) groups excluding carboxylic acids is 1. The predicted octanol–water partition coefficient (Wildman–Crippen LogP) is 3.48. The predicted molar refractivity (Wildman–Crippen MR) is 130 cm³/mol. The van der Waals surface area contributed by atoms with Gasteiger partial charge in [-0.2, -0.15) is 13.2 Å². The Morgan fingerprint density at radius 3 is 2.34 bits per heavy atom. The third-order valence-electron chi connectivity index (χ3n) is 6.06. The number of hydrogen-bond donors (Lipinski definition) is 4. The monoisotopic (exact) mass is 564 g/mol. The van der Waals surface area contributed by atoms with Crippen molar-refractivity contribution in [3.05, 3.63) is 58.1 Å². The number of aliphatic hydroxyl groups excluding tert-OH is 1. The summed E-state index contributed by atoms with van der Waals surface area (Å²) in [5, 5.41) is 23.2. The van der Waals surface area contributed by atoms with Crippen LogP contribution < -0.4 is 15.5 Å². The van der Waals surface area contributed by atoms with E-state index in [1.54, 1.807) is 11.0 Å². The molecule has 1 aliphatic heterocycles. The molecule has 38 heavy (non-hydrogen) atoms. The second-order valence-electron chi connectivity index (χ2n) is 8.66. The molecule has 4 N–H and O–H groups in total. The zero-order valence-electron chi connectivity index (χ0n) is 20.0. The van der Waals surface area contributed by atoms with Gasteiger partial charge in [0, 0.05) is 49.9 Å². The Morgan fingerprint density at radius 2 is 1.74 bits per heavy atom. The van der Waals surface area contributed by atoms with Crippen LogP contribution in [-0.2, 0) is 11.3 Å². The highest BCUT2D eigenvalue weighted by Gasteiger charge is 2.29. The van der Waals surface area contributed by atoms with Crippen LogP contribution in [0.2, 0.25) is 5.02 Å². The number of nitrogens with one attached hydrogen (secondary N) is 2. The molecule has 1 aliphatic rings. The number of alkyl halides is 3. The first-order valence-electron chi connectivity index (χ1n) is 11.6. The van der Waals surface area contributed by atoms with Gasteiger partial charge in [0.05, 0.1) is 30.0 Å². The number of nitrogens with zero attached hydrogens (tertiary/aromatic N) is 2. The van der Waals surface area contributed by atoms with E-state index < -0.39 is 60.9 Å². The van der Waals surface area contributed by atoms with Gasteiger partial charge in [0.25, 0.3) is 5.91 Å². The smallest absolute Gasteiger partial charge is 0.390 e. The first-order chi connectivity index (χ1) is 17.9. The van der Waals surface area contributed by atoms with Gasteiger partial charge in [-0.05, 0) is 24.3 Å². The fourth-order valence-electron chi connectivity index (χ4n) is 3.92. The van der Waals surface area contributed by atoms with Crippen LogP contribution in [0.4, 0.5) is 33.3 Å². The number of amides is 1. The molecule has 0 aliphatic carbocycles. The largest absolute Gasteiger partial charge is 0.480 e. The zero-order chi connectivity index (χ0) is 28.0. The lowest BCUT2D eigenvalue weighted by atomic mass is 10.1. The van der Waals surface area contributed by atoms with Crippen LogP contribution in [0.5, 0.6) is 0 Å². The summed E-state index contributed by atoms with van der Waals surface area (Å²) >= 11 is 6.12. The Hall–Kier alpha value is -3.00. The summed E-state index contributed by atoms with van der Waals surface area (Å²) in [6.45, 7) is 0.136. The molecule has 0 saturated carbocycles. The number of rotatable bonds is 10. The van der Waals surface area contributed by atoms with Crippen LogP contribution in [-0.4, -0.2) is 78.5 Å². The normalized spacial score (nSPS) is 15.4. The quantitative estimate of drug-likeness (QED) is 0.328. The number of piperazine rings is 1. The van der Waals surface area contributed by atoms with Crippen molar-refractivity contribution < 1.29 is 41.8 Å². The molecule has 2 aromatic carbocycles. The zero-order valence-corrected chi connectivity index (χ0v) is 20.8. The highest BCUT2D eigenvalue weighted by molar-refractivity contribution is 6.31. The number of benzene rings is 2. The highest BCUT2D eigenvalue weighted by atomic mass is 35.5. The molecule has 208 valence electrons.